The number of nitrogens with two attached hydrogens (primary N) is 1. The van der Waals surface area contributed by atoms with Gasteiger partial charge in [-0.15, -0.1) is 0 Å². The van der Waals surface area contributed by atoms with Crippen molar-refractivity contribution in [1.82, 2.24) is 5.32 Å². The molecule has 19 heavy (non-hydrogen) atoms. The summed E-state index contributed by atoms with van der Waals surface area (Å²) in [6.45, 7) is 2.05. The summed E-state index contributed by atoms with van der Waals surface area (Å²) in [7, 11) is 0. The molecule has 0 saturated heterocycles. The summed E-state index contributed by atoms with van der Waals surface area (Å²) in [6.07, 6.45) is 5.33. The number of rotatable bonds is 4. The van der Waals surface area contributed by atoms with Crippen LogP contribution < -0.4 is 11.1 Å². The van der Waals surface area contributed by atoms with E-state index in [1.54, 1.807) is 0 Å². The summed E-state index contributed by atoms with van der Waals surface area (Å²) in [5, 5.41) is 3.78. The second-order valence-electron chi connectivity index (χ2n) is 4.91. The summed E-state index contributed by atoms with van der Waals surface area (Å²) in [5.74, 6) is -0.0534. The molecule has 0 radical (unpaired) electrons. The van der Waals surface area contributed by atoms with E-state index >= 15 is 0 Å². The van der Waals surface area contributed by atoms with Gasteiger partial charge in [-0.25, -0.2) is 0 Å². The van der Waals surface area contributed by atoms with E-state index in [0.29, 0.717) is 11.4 Å². The van der Waals surface area contributed by atoms with Crippen molar-refractivity contribution in [1.29, 1.82) is 0 Å². The van der Waals surface area contributed by atoms with Gasteiger partial charge >= 0.3 is 0 Å². The van der Waals surface area contributed by atoms with Gasteiger partial charge in [-0.2, -0.15) is 0 Å². The molecule has 102 valence electrons. The predicted molar refractivity (Wildman–Crippen MR) is 77.8 cm³/mol. The van der Waals surface area contributed by atoms with Gasteiger partial charge in [0.15, 0.2) is 0 Å². The monoisotopic (exact) mass is 278 g/mol. The van der Waals surface area contributed by atoms with Crippen molar-refractivity contribution in [2.24, 2.45) is 11.7 Å². The van der Waals surface area contributed by atoms with Gasteiger partial charge in [0.25, 0.3) is 0 Å². The van der Waals surface area contributed by atoms with Crippen molar-refractivity contribution >= 4 is 17.5 Å². The fourth-order valence-corrected chi connectivity index (χ4v) is 2.44. The fraction of sp³-hybridized carbons (Fsp3) is 0.400. The summed E-state index contributed by atoms with van der Waals surface area (Å²) >= 11 is 5.87. The molecule has 3 N–H and O–H groups in total. The Hall–Kier alpha value is -1.32. The molecule has 0 aliphatic heterocycles. The molecule has 0 bridgehead atoms. The maximum Gasteiger partial charge on any atom is 0.227 e. The Labute approximate surface area is 118 Å². The van der Waals surface area contributed by atoms with Crippen LogP contribution in [0.5, 0.6) is 0 Å². The van der Waals surface area contributed by atoms with Crippen LogP contribution in [0.1, 0.15) is 31.4 Å². The third kappa shape index (κ3) is 3.58. The topological polar surface area (TPSA) is 55.1 Å². The van der Waals surface area contributed by atoms with Crippen molar-refractivity contribution in [3.05, 3.63) is 47.0 Å². The average molecular weight is 279 g/mol. The number of nitrogens with one attached hydrogen (secondary N) is 1. The average Bonchev–Trinajstić information content (AvgIpc) is 2.84. The summed E-state index contributed by atoms with van der Waals surface area (Å²) in [6, 6.07) is 7.62. The van der Waals surface area contributed by atoms with Crippen molar-refractivity contribution in [2.75, 3.05) is 0 Å². The third-order valence-electron chi connectivity index (χ3n) is 3.45. The van der Waals surface area contributed by atoms with Crippen molar-refractivity contribution in [2.45, 2.75) is 31.8 Å². The third-order valence-corrected chi connectivity index (χ3v) is 3.70. The second-order valence-corrected chi connectivity index (χ2v) is 5.35. The van der Waals surface area contributed by atoms with E-state index in [4.69, 9.17) is 17.3 Å². The number of carbonyl (C=O) groups excluding carboxylic acids is 1. The van der Waals surface area contributed by atoms with Gasteiger partial charge in [0, 0.05) is 11.1 Å². The lowest BCUT2D eigenvalue weighted by Gasteiger charge is -2.20. The Kier molecular flexibility index (Phi) is 4.61. The lowest BCUT2D eigenvalue weighted by Crippen LogP contribution is -2.33. The fourth-order valence-electron chi connectivity index (χ4n) is 2.32. The standard InChI is InChI=1S/C15H19ClN2O/c1-2-14(10-3-6-12(16)7-4-10)18-15(19)11-5-8-13(17)9-11/h3-8,11,13-14H,2,9,17H2,1H3,(H,18,19). The van der Waals surface area contributed by atoms with Gasteiger partial charge < -0.3 is 11.1 Å². The van der Waals surface area contributed by atoms with E-state index in [-0.39, 0.29) is 23.9 Å². The molecule has 0 aromatic heterocycles. The van der Waals surface area contributed by atoms with Crippen LogP contribution in [0.2, 0.25) is 5.02 Å². The maximum atomic E-state index is 12.2. The van der Waals surface area contributed by atoms with Gasteiger partial charge in [-0.05, 0) is 30.5 Å². The first-order chi connectivity index (χ1) is 9.10. The Bertz CT molecular complexity index is 470. The minimum atomic E-state index is -0.101. The minimum Gasteiger partial charge on any atom is -0.349 e. The summed E-state index contributed by atoms with van der Waals surface area (Å²) < 4.78 is 0. The van der Waals surface area contributed by atoms with Crippen LogP contribution in [-0.4, -0.2) is 11.9 Å². The first-order valence-electron chi connectivity index (χ1n) is 6.60. The highest BCUT2D eigenvalue weighted by Gasteiger charge is 2.24. The minimum absolute atomic E-state index is 0.00589. The quantitative estimate of drug-likeness (QED) is 0.832. The summed E-state index contributed by atoms with van der Waals surface area (Å²) in [4.78, 5) is 12.2. The van der Waals surface area contributed by atoms with Crippen molar-refractivity contribution in [3.63, 3.8) is 0 Å². The lowest BCUT2D eigenvalue weighted by atomic mass is 10.0. The number of carbonyl (C=O) groups is 1. The van der Waals surface area contributed by atoms with E-state index in [1.807, 2.05) is 36.4 Å². The van der Waals surface area contributed by atoms with E-state index in [2.05, 4.69) is 12.2 Å². The molecule has 4 heteroatoms. The molecule has 1 aliphatic carbocycles. The normalized spacial score (nSPS) is 23.3. The zero-order valence-corrected chi connectivity index (χ0v) is 11.7. The van der Waals surface area contributed by atoms with Gasteiger partial charge in [0.1, 0.15) is 0 Å². The number of hydrogen-bond donors (Lipinski definition) is 2. The second kappa shape index (κ2) is 6.22. The van der Waals surface area contributed by atoms with E-state index in [0.717, 1.165) is 12.0 Å². The number of halogens is 1. The molecule has 1 amide bonds. The first kappa shape index (κ1) is 14.1. The highest BCUT2D eigenvalue weighted by molar-refractivity contribution is 6.30. The van der Waals surface area contributed by atoms with Crippen LogP contribution in [0, 0.1) is 5.92 Å². The largest absolute Gasteiger partial charge is 0.349 e. The Balaban J connectivity index is 2.01. The molecule has 3 nitrogen and oxygen atoms in total. The number of hydrogen-bond acceptors (Lipinski definition) is 2. The van der Waals surface area contributed by atoms with Gasteiger partial charge in [-0.1, -0.05) is 42.8 Å². The molecule has 0 heterocycles. The Morgan fingerprint density at radius 2 is 2.11 bits per heavy atom. The zero-order chi connectivity index (χ0) is 13.8. The summed E-state index contributed by atoms with van der Waals surface area (Å²) in [5.41, 5.74) is 6.85. The first-order valence-corrected chi connectivity index (χ1v) is 6.97. The van der Waals surface area contributed by atoms with Gasteiger partial charge in [0.05, 0.1) is 12.0 Å². The maximum absolute atomic E-state index is 12.2. The predicted octanol–water partition coefficient (Wildman–Crippen LogP) is 2.81. The van der Waals surface area contributed by atoms with E-state index in [1.165, 1.54) is 0 Å². The van der Waals surface area contributed by atoms with Crippen molar-refractivity contribution < 1.29 is 4.79 Å². The molecule has 0 fully saturated rings. The molecule has 0 spiro atoms. The van der Waals surface area contributed by atoms with Crippen LogP contribution in [0.4, 0.5) is 0 Å². The molecule has 1 aliphatic rings. The van der Waals surface area contributed by atoms with E-state index in [9.17, 15) is 4.79 Å². The highest BCUT2D eigenvalue weighted by Crippen LogP contribution is 2.22. The molecular formula is C15H19ClN2O. The molecular weight excluding hydrogens is 260 g/mol. The van der Waals surface area contributed by atoms with Gasteiger partial charge in [0.2, 0.25) is 5.91 Å². The molecule has 3 atom stereocenters. The Morgan fingerprint density at radius 1 is 1.42 bits per heavy atom. The lowest BCUT2D eigenvalue weighted by molar-refractivity contribution is -0.124. The number of amides is 1. The molecule has 1 aromatic carbocycles. The molecule has 0 saturated carbocycles. The smallest absolute Gasteiger partial charge is 0.227 e. The van der Waals surface area contributed by atoms with Crippen molar-refractivity contribution in [3.8, 4) is 0 Å². The zero-order valence-electron chi connectivity index (χ0n) is 11.0. The van der Waals surface area contributed by atoms with Gasteiger partial charge in [-0.3, -0.25) is 4.79 Å². The highest BCUT2D eigenvalue weighted by atomic mass is 35.5. The van der Waals surface area contributed by atoms with E-state index < -0.39 is 0 Å². The van der Waals surface area contributed by atoms with Crippen LogP contribution in [0.25, 0.3) is 0 Å². The van der Waals surface area contributed by atoms with Crippen LogP contribution in [0.15, 0.2) is 36.4 Å². The number of benzene rings is 1. The molecule has 1 aromatic rings. The molecule has 3 unspecified atom stereocenters. The molecule has 2 rings (SSSR count). The SMILES string of the molecule is CCC(NC(=O)C1C=CC(N)C1)c1ccc(Cl)cc1. The van der Waals surface area contributed by atoms with Crippen LogP contribution in [0.3, 0.4) is 0 Å². The Morgan fingerprint density at radius 3 is 2.63 bits per heavy atom. The van der Waals surface area contributed by atoms with Crippen LogP contribution in [-0.2, 0) is 4.79 Å². The van der Waals surface area contributed by atoms with Crippen LogP contribution >= 0.6 is 11.6 Å².